The van der Waals surface area contributed by atoms with Crippen molar-refractivity contribution in [2.75, 3.05) is 5.75 Å². The second kappa shape index (κ2) is 5.52. The third-order valence-corrected chi connectivity index (χ3v) is 5.72. The smallest absolute Gasteiger partial charge is 0.310 e. The standard InChI is InChI=1S/C6H15O2PS2/c1-4-6(3)8-9(7,10)11-5-2/h6H,4-5H2,1-3H3,(H,7,10). The maximum absolute atomic E-state index is 11.4. The Kier molecular flexibility index (Phi) is 5.97. The van der Waals surface area contributed by atoms with Crippen LogP contribution in [-0.2, 0) is 9.09 Å². The van der Waals surface area contributed by atoms with Gasteiger partial charge < -0.3 is 4.52 Å². The molecule has 0 saturated heterocycles. The Labute approximate surface area is 77.8 Å². The maximum atomic E-state index is 11.4. The second-order valence-electron chi connectivity index (χ2n) is 2.21. The van der Waals surface area contributed by atoms with E-state index in [2.05, 4.69) is 12.2 Å². The van der Waals surface area contributed by atoms with Crippen molar-refractivity contribution >= 4 is 29.4 Å². The minimum atomic E-state index is -2.65. The Bertz CT molecular complexity index is 152. The molecule has 2 atom stereocenters. The Balaban J connectivity index is 3.81. The van der Waals surface area contributed by atoms with E-state index >= 15 is 0 Å². The van der Waals surface area contributed by atoms with Crippen LogP contribution in [0.25, 0.3) is 0 Å². The minimum absolute atomic E-state index is 0.0392. The van der Waals surface area contributed by atoms with Gasteiger partial charge >= 0.3 is 5.77 Å². The molecule has 0 radical (unpaired) electrons. The zero-order valence-corrected chi connectivity index (χ0v) is 9.72. The van der Waals surface area contributed by atoms with Crippen molar-refractivity contribution in [3.63, 3.8) is 0 Å². The summed E-state index contributed by atoms with van der Waals surface area (Å²) in [5.74, 6) is -1.88. The quantitative estimate of drug-likeness (QED) is 0.559. The highest BCUT2D eigenvalue weighted by atomic mass is 33.1. The first kappa shape index (κ1) is 11.9. The van der Waals surface area contributed by atoms with Gasteiger partial charge in [0.25, 0.3) is 0 Å². The van der Waals surface area contributed by atoms with Crippen molar-refractivity contribution in [1.82, 2.24) is 0 Å². The fourth-order valence-corrected chi connectivity index (χ4v) is 4.61. The zero-order chi connectivity index (χ0) is 8.91. The van der Waals surface area contributed by atoms with E-state index in [0.717, 1.165) is 12.2 Å². The SMILES string of the molecule is CCSP(=O)(S)OC(C)CC. The maximum Gasteiger partial charge on any atom is 0.310 e. The molecule has 2 nitrogen and oxygen atoms in total. The molecule has 2 unspecified atom stereocenters. The lowest BCUT2D eigenvalue weighted by Crippen LogP contribution is -2.00. The van der Waals surface area contributed by atoms with Crippen molar-refractivity contribution in [1.29, 1.82) is 0 Å². The topological polar surface area (TPSA) is 26.3 Å². The van der Waals surface area contributed by atoms with E-state index in [1.807, 2.05) is 20.8 Å². The van der Waals surface area contributed by atoms with Crippen LogP contribution in [0.5, 0.6) is 0 Å². The molecule has 11 heavy (non-hydrogen) atoms. The predicted molar refractivity (Wildman–Crippen MR) is 55.6 cm³/mol. The van der Waals surface area contributed by atoms with Crippen LogP contribution in [0, 0.1) is 0 Å². The van der Waals surface area contributed by atoms with Crippen LogP contribution in [0.2, 0.25) is 0 Å². The molecule has 0 spiro atoms. The molecule has 0 aliphatic heterocycles. The first-order valence-electron chi connectivity index (χ1n) is 3.67. The van der Waals surface area contributed by atoms with E-state index in [4.69, 9.17) is 4.52 Å². The largest absolute Gasteiger partial charge is 0.311 e. The molecule has 0 rings (SSSR count). The van der Waals surface area contributed by atoms with Crippen LogP contribution in [0.1, 0.15) is 27.2 Å². The normalized spacial score (nSPS) is 19.3. The van der Waals surface area contributed by atoms with E-state index in [0.29, 0.717) is 0 Å². The van der Waals surface area contributed by atoms with Gasteiger partial charge in [0.1, 0.15) is 0 Å². The summed E-state index contributed by atoms with van der Waals surface area (Å²) in [6.45, 7) is 5.83. The average molecular weight is 214 g/mol. The van der Waals surface area contributed by atoms with Gasteiger partial charge in [-0.15, -0.1) is 0 Å². The summed E-state index contributed by atoms with van der Waals surface area (Å²) in [5.41, 5.74) is 0. The van der Waals surface area contributed by atoms with Crippen LogP contribution in [0.15, 0.2) is 0 Å². The Morgan fingerprint density at radius 3 is 2.55 bits per heavy atom. The molecule has 0 saturated carbocycles. The first-order valence-corrected chi connectivity index (χ1v) is 8.04. The summed E-state index contributed by atoms with van der Waals surface area (Å²) in [6, 6.07) is 0. The lowest BCUT2D eigenvalue weighted by molar-refractivity contribution is 0.235. The number of hydrogen-bond donors (Lipinski definition) is 1. The zero-order valence-electron chi connectivity index (χ0n) is 7.11. The van der Waals surface area contributed by atoms with Gasteiger partial charge in [0.15, 0.2) is 0 Å². The van der Waals surface area contributed by atoms with Crippen molar-refractivity contribution in [2.45, 2.75) is 33.3 Å². The van der Waals surface area contributed by atoms with Gasteiger partial charge in [-0.3, -0.25) is 4.57 Å². The van der Waals surface area contributed by atoms with Gasteiger partial charge in [-0.05, 0) is 13.3 Å². The highest BCUT2D eigenvalue weighted by Crippen LogP contribution is 2.64. The van der Waals surface area contributed by atoms with Crippen molar-refractivity contribution in [2.24, 2.45) is 0 Å². The molecule has 0 fully saturated rings. The fraction of sp³-hybridized carbons (Fsp3) is 1.00. The van der Waals surface area contributed by atoms with E-state index in [1.54, 1.807) is 0 Å². The fourth-order valence-electron chi connectivity index (χ4n) is 0.496. The van der Waals surface area contributed by atoms with E-state index in [-0.39, 0.29) is 6.10 Å². The Morgan fingerprint density at radius 1 is 1.64 bits per heavy atom. The van der Waals surface area contributed by atoms with E-state index in [1.165, 1.54) is 11.4 Å². The lowest BCUT2D eigenvalue weighted by atomic mass is 10.3. The third kappa shape index (κ3) is 6.09. The molecule has 0 aromatic rings. The first-order chi connectivity index (χ1) is 5.02. The van der Waals surface area contributed by atoms with Gasteiger partial charge in [0.2, 0.25) is 0 Å². The van der Waals surface area contributed by atoms with Crippen molar-refractivity contribution in [3.8, 4) is 0 Å². The molecule has 0 aliphatic carbocycles. The number of rotatable bonds is 5. The van der Waals surface area contributed by atoms with Gasteiger partial charge in [0.05, 0.1) is 6.10 Å². The van der Waals surface area contributed by atoms with Gasteiger partial charge in [-0.2, -0.15) is 0 Å². The lowest BCUT2D eigenvalue weighted by Gasteiger charge is -2.15. The van der Waals surface area contributed by atoms with E-state index in [9.17, 15) is 4.57 Å². The molecule has 0 aromatic carbocycles. The van der Waals surface area contributed by atoms with E-state index < -0.39 is 5.77 Å². The molecule has 5 heteroatoms. The van der Waals surface area contributed by atoms with Crippen LogP contribution in [-0.4, -0.2) is 11.9 Å². The van der Waals surface area contributed by atoms with Crippen LogP contribution in [0.4, 0.5) is 0 Å². The second-order valence-corrected chi connectivity index (χ2v) is 8.80. The summed E-state index contributed by atoms with van der Waals surface area (Å²) in [5, 5.41) is 0. The third-order valence-electron chi connectivity index (χ3n) is 1.18. The average Bonchev–Trinajstić information content (AvgIpc) is 1.86. The molecule has 0 amide bonds. The summed E-state index contributed by atoms with van der Waals surface area (Å²) < 4.78 is 16.6. The van der Waals surface area contributed by atoms with Crippen LogP contribution in [0.3, 0.4) is 0 Å². The molecule has 0 N–H and O–H groups in total. The Hall–Kier alpha value is 0.890. The molecule has 0 bridgehead atoms. The number of thiol groups is 1. The summed E-state index contributed by atoms with van der Waals surface area (Å²) >= 11 is 5.23. The molecule has 0 aromatic heterocycles. The highest BCUT2D eigenvalue weighted by molar-refractivity contribution is 8.84. The van der Waals surface area contributed by atoms with Gasteiger partial charge in [-0.25, -0.2) is 0 Å². The molecular weight excluding hydrogens is 199 g/mol. The molecular formula is C6H15O2PS2. The van der Waals surface area contributed by atoms with Crippen molar-refractivity contribution in [3.05, 3.63) is 0 Å². The van der Waals surface area contributed by atoms with Crippen LogP contribution >= 0.6 is 29.4 Å². The summed E-state index contributed by atoms with van der Waals surface area (Å²) in [4.78, 5) is 0. The summed E-state index contributed by atoms with van der Waals surface area (Å²) in [6.07, 6.45) is 0.909. The predicted octanol–water partition coefficient (Wildman–Crippen LogP) is 3.59. The molecule has 0 aliphatic rings. The van der Waals surface area contributed by atoms with Crippen LogP contribution < -0.4 is 0 Å². The summed E-state index contributed by atoms with van der Waals surface area (Å²) in [7, 11) is 0. The number of hydrogen-bond acceptors (Lipinski definition) is 3. The Morgan fingerprint density at radius 2 is 2.18 bits per heavy atom. The van der Waals surface area contributed by atoms with Gasteiger partial charge in [0, 0.05) is 5.75 Å². The van der Waals surface area contributed by atoms with Crippen molar-refractivity contribution < 1.29 is 9.09 Å². The minimum Gasteiger partial charge on any atom is -0.311 e. The molecule has 68 valence electrons. The monoisotopic (exact) mass is 214 g/mol. The van der Waals surface area contributed by atoms with Gasteiger partial charge in [-0.1, -0.05) is 37.5 Å². The highest BCUT2D eigenvalue weighted by Gasteiger charge is 2.19. The molecule has 0 heterocycles.